The summed E-state index contributed by atoms with van der Waals surface area (Å²) in [7, 11) is 1.21. The van der Waals surface area contributed by atoms with E-state index in [1.807, 2.05) is 0 Å². The van der Waals surface area contributed by atoms with Crippen LogP contribution in [-0.2, 0) is 9.53 Å². The minimum Gasteiger partial charge on any atom is -0.466 e. The van der Waals surface area contributed by atoms with Gasteiger partial charge in [0.1, 0.15) is 0 Å². The average Bonchev–Trinajstić information content (AvgIpc) is 1.85. The van der Waals surface area contributed by atoms with Gasteiger partial charge in [-0.15, -0.1) is 0 Å². The molecule has 0 saturated carbocycles. The summed E-state index contributed by atoms with van der Waals surface area (Å²) in [6, 6.07) is 0. The Kier molecular flexibility index (Phi) is 3.68. The number of ether oxygens (including phenoxy) is 1. The first-order chi connectivity index (χ1) is 4.57. The lowest BCUT2D eigenvalue weighted by molar-refractivity contribution is -0.137. The molecule has 0 aliphatic carbocycles. The van der Waals surface area contributed by atoms with Gasteiger partial charge in [-0.05, 0) is 0 Å². The number of aliphatic hydroxyl groups is 2. The lowest BCUT2D eigenvalue weighted by atomic mass is 10.2. The molecular weight excluding hydrogens is 136 g/mol. The lowest BCUT2D eigenvalue weighted by Crippen LogP contribution is -2.11. The van der Waals surface area contributed by atoms with Crippen molar-refractivity contribution < 1.29 is 19.7 Å². The summed E-state index contributed by atoms with van der Waals surface area (Å²) < 4.78 is 4.25. The van der Waals surface area contributed by atoms with E-state index in [9.17, 15) is 4.79 Å². The summed E-state index contributed by atoms with van der Waals surface area (Å²) in [6.45, 7) is 3.27. The van der Waals surface area contributed by atoms with E-state index in [2.05, 4.69) is 11.3 Å². The van der Waals surface area contributed by atoms with Crippen LogP contribution in [0.1, 0.15) is 6.42 Å². The van der Waals surface area contributed by atoms with Gasteiger partial charge in [0.05, 0.1) is 7.11 Å². The summed E-state index contributed by atoms with van der Waals surface area (Å²) >= 11 is 0. The molecule has 0 amide bonds. The van der Waals surface area contributed by atoms with Crippen LogP contribution < -0.4 is 0 Å². The van der Waals surface area contributed by atoms with E-state index in [4.69, 9.17) is 10.2 Å². The molecule has 0 fully saturated rings. The number of methoxy groups -OCH3 is 1. The molecule has 0 atom stereocenters. The second-order valence-electron chi connectivity index (χ2n) is 1.78. The van der Waals surface area contributed by atoms with Gasteiger partial charge in [-0.3, -0.25) is 0 Å². The minimum absolute atomic E-state index is 0.0532. The van der Waals surface area contributed by atoms with Crippen molar-refractivity contribution >= 4 is 5.97 Å². The summed E-state index contributed by atoms with van der Waals surface area (Å²) in [6.07, 6.45) is -1.71. The van der Waals surface area contributed by atoms with Gasteiger partial charge in [-0.25, -0.2) is 4.79 Å². The Morgan fingerprint density at radius 3 is 2.50 bits per heavy atom. The smallest absolute Gasteiger partial charge is 0.333 e. The molecule has 10 heavy (non-hydrogen) atoms. The Balaban J connectivity index is 3.74. The van der Waals surface area contributed by atoms with E-state index in [-0.39, 0.29) is 12.0 Å². The number of esters is 1. The van der Waals surface area contributed by atoms with Crippen LogP contribution in [0, 0.1) is 0 Å². The second kappa shape index (κ2) is 4.03. The molecule has 0 radical (unpaired) electrons. The molecule has 0 unspecified atom stereocenters. The van der Waals surface area contributed by atoms with Gasteiger partial charge in [-0.1, -0.05) is 6.58 Å². The van der Waals surface area contributed by atoms with Gasteiger partial charge < -0.3 is 14.9 Å². The third kappa shape index (κ3) is 3.21. The van der Waals surface area contributed by atoms with Crippen molar-refractivity contribution in [3.05, 3.63) is 12.2 Å². The van der Waals surface area contributed by atoms with Crippen molar-refractivity contribution in [2.45, 2.75) is 12.7 Å². The Morgan fingerprint density at radius 1 is 1.70 bits per heavy atom. The van der Waals surface area contributed by atoms with Gasteiger partial charge in [0.15, 0.2) is 6.29 Å². The molecular formula is C6H10O4. The third-order valence-corrected chi connectivity index (χ3v) is 0.903. The number of hydrogen-bond acceptors (Lipinski definition) is 4. The molecule has 0 aliphatic rings. The maximum absolute atomic E-state index is 10.5. The molecule has 0 heterocycles. The van der Waals surface area contributed by atoms with Crippen LogP contribution in [0.15, 0.2) is 12.2 Å². The predicted molar refractivity (Wildman–Crippen MR) is 34.0 cm³/mol. The van der Waals surface area contributed by atoms with Crippen LogP contribution in [-0.4, -0.2) is 29.6 Å². The zero-order valence-corrected chi connectivity index (χ0v) is 5.70. The van der Waals surface area contributed by atoms with Gasteiger partial charge in [0.25, 0.3) is 0 Å². The normalized spacial score (nSPS) is 9.60. The van der Waals surface area contributed by atoms with Crippen molar-refractivity contribution in [3.63, 3.8) is 0 Å². The molecule has 0 saturated heterocycles. The Hall–Kier alpha value is -0.870. The summed E-state index contributed by atoms with van der Waals surface area (Å²) in [5.41, 5.74) is 0.0532. The van der Waals surface area contributed by atoms with Crippen LogP contribution >= 0.6 is 0 Å². The van der Waals surface area contributed by atoms with Crippen LogP contribution in [0.25, 0.3) is 0 Å². The van der Waals surface area contributed by atoms with Crippen LogP contribution in [0.5, 0.6) is 0 Å². The van der Waals surface area contributed by atoms with Gasteiger partial charge in [-0.2, -0.15) is 0 Å². The molecule has 58 valence electrons. The zero-order valence-electron chi connectivity index (χ0n) is 5.70. The van der Waals surface area contributed by atoms with Crippen LogP contribution in [0.2, 0.25) is 0 Å². The van der Waals surface area contributed by atoms with Crippen LogP contribution in [0.4, 0.5) is 0 Å². The highest BCUT2D eigenvalue weighted by Gasteiger charge is 2.09. The monoisotopic (exact) mass is 146 g/mol. The highest BCUT2D eigenvalue weighted by Crippen LogP contribution is 2.01. The molecule has 4 heteroatoms. The quantitative estimate of drug-likeness (QED) is 0.317. The predicted octanol–water partition coefficient (Wildman–Crippen LogP) is -0.584. The van der Waals surface area contributed by atoms with Crippen molar-refractivity contribution in [1.82, 2.24) is 0 Å². The van der Waals surface area contributed by atoms with Crippen molar-refractivity contribution in [1.29, 1.82) is 0 Å². The molecule has 0 rings (SSSR count). The first-order valence-corrected chi connectivity index (χ1v) is 2.70. The van der Waals surface area contributed by atoms with Crippen LogP contribution in [0.3, 0.4) is 0 Å². The lowest BCUT2D eigenvalue weighted by Gasteiger charge is -2.03. The summed E-state index contributed by atoms with van der Waals surface area (Å²) in [5.74, 6) is -0.617. The molecule has 0 aromatic heterocycles. The highest BCUT2D eigenvalue weighted by molar-refractivity contribution is 5.87. The third-order valence-electron chi connectivity index (χ3n) is 0.903. The second-order valence-corrected chi connectivity index (χ2v) is 1.78. The first kappa shape index (κ1) is 9.13. The van der Waals surface area contributed by atoms with E-state index >= 15 is 0 Å². The van der Waals surface area contributed by atoms with E-state index in [0.29, 0.717) is 0 Å². The fourth-order valence-corrected chi connectivity index (χ4v) is 0.448. The van der Waals surface area contributed by atoms with E-state index in [0.717, 1.165) is 0 Å². The summed E-state index contributed by atoms with van der Waals surface area (Å²) in [5, 5.41) is 16.7. The fraction of sp³-hybridized carbons (Fsp3) is 0.500. The molecule has 0 spiro atoms. The zero-order chi connectivity index (χ0) is 8.15. The molecule has 0 aromatic rings. The summed E-state index contributed by atoms with van der Waals surface area (Å²) in [4.78, 5) is 10.5. The molecule has 0 bridgehead atoms. The largest absolute Gasteiger partial charge is 0.466 e. The molecule has 0 aliphatic heterocycles. The molecule has 0 aromatic carbocycles. The number of carbonyl (C=O) groups is 1. The van der Waals surface area contributed by atoms with E-state index < -0.39 is 12.3 Å². The average molecular weight is 146 g/mol. The first-order valence-electron chi connectivity index (χ1n) is 2.70. The van der Waals surface area contributed by atoms with E-state index in [1.165, 1.54) is 7.11 Å². The van der Waals surface area contributed by atoms with Gasteiger partial charge in [0.2, 0.25) is 0 Å². The number of rotatable bonds is 3. The Bertz CT molecular complexity index is 139. The topological polar surface area (TPSA) is 66.8 Å². The molecule has 4 nitrogen and oxygen atoms in total. The SMILES string of the molecule is C=C(CC(O)O)C(=O)OC. The van der Waals surface area contributed by atoms with Gasteiger partial charge in [0, 0.05) is 12.0 Å². The van der Waals surface area contributed by atoms with Crippen molar-refractivity contribution in [2.24, 2.45) is 0 Å². The van der Waals surface area contributed by atoms with E-state index in [1.54, 1.807) is 0 Å². The van der Waals surface area contributed by atoms with Gasteiger partial charge >= 0.3 is 5.97 Å². The minimum atomic E-state index is -1.54. The maximum atomic E-state index is 10.5. The standard InChI is InChI=1S/C6H10O4/c1-4(3-5(7)8)6(9)10-2/h5,7-8H,1,3H2,2H3. The highest BCUT2D eigenvalue weighted by atomic mass is 16.5. The Labute approximate surface area is 58.7 Å². The fourth-order valence-electron chi connectivity index (χ4n) is 0.448. The maximum Gasteiger partial charge on any atom is 0.333 e. The molecule has 2 N–H and O–H groups in total. The van der Waals surface area contributed by atoms with Crippen molar-refractivity contribution in [2.75, 3.05) is 7.11 Å². The van der Waals surface area contributed by atoms with Crippen molar-refractivity contribution in [3.8, 4) is 0 Å². The number of aliphatic hydroxyl groups excluding tert-OH is 1. The number of carbonyl (C=O) groups excluding carboxylic acids is 1. The number of hydrogen-bond donors (Lipinski definition) is 2. The Morgan fingerprint density at radius 2 is 2.20 bits per heavy atom.